The van der Waals surface area contributed by atoms with Crippen LogP contribution in [0.3, 0.4) is 0 Å². The molecule has 2 nitrogen and oxygen atoms in total. The maximum atomic E-state index is 12.2. The molecule has 1 aliphatic carbocycles. The van der Waals surface area contributed by atoms with E-state index >= 15 is 0 Å². The van der Waals surface area contributed by atoms with Gasteiger partial charge in [-0.25, -0.2) is 0 Å². The number of hydrogen-bond donors (Lipinski definition) is 1. The van der Waals surface area contributed by atoms with Crippen molar-refractivity contribution in [3.63, 3.8) is 0 Å². The van der Waals surface area contributed by atoms with Gasteiger partial charge in [-0.3, -0.25) is 0 Å². The third-order valence-corrected chi connectivity index (χ3v) is 4.91. The van der Waals surface area contributed by atoms with Gasteiger partial charge in [0, 0.05) is 23.5 Å². The smallest absolute Gasteiger partial charge is 0.311 e. The maximum Gasteiger partial charge on any atom is 0.446 e. The van der Waals surface area contributed by atoms with Gasteiger partial charge in [-0.05, 0) is 62.8 Å². The van der Waals surface area contributed by atoms with E-state index in [0.717, 1.165) is 12.1 Å². The summed E-state index contributed by atoms with van der Waals surface area (Å²) in [7, 11) is 4.20. The van der Waals surface area contributed by atoms with Crippen molar-refractivity contribution >= 4 is 11.8 Å². The largest absolute Gasteiger partial charge is 0.446 e. The zero-order valence-electron chi connectivity index (χ0n) is 12.3. The van der Waals surface area contributed by atoms with E-state index in [1.54, 1.807) is 12.1 Å². The zero-order valence-corrected chi connectivity index (χ0v) is 13.2. The van der Waals surface area contributed by atoms with Gasteiger partial charge in [-0.2, -0.15) is 13.2 Å². The van der Waals surface area contributed by atoms with Gasteiger partial charge in [0.05, 0.1) is 0 Å². The summed E-state index contributed by atoms with van der Waals surface area (Å²) in [4.78, 5) is 2.50. The molecule has 1 aromatic carbocycles. The molecule has 1 N–H and O–H groups in total. The molecule has 6 heteroatoms. The minimum Gasteiger partial charge on any atom is -0.311 e. The number of likely N-dealkylation sites (N-methyl/N-ethyl adjacent to an activating group) is 1. The summed E-state index contributed by atoms with van der Waals surface area (Å²) in [6, 6.07) is 6.56. The van der Waals surface area contributed by atoms with Crippen molar-refractivity contribution in [2.24, 2.45) is 0 Å². The quantitative estimate of drug-likeness (QED) is 0.802. The fourth-order valence-electron chi connectivity index (χ4n) is 2.62. The Hall–Kier alpha value is -0.720. The maximum absolute atomic E-state index is 12.2. The SMILES string of the molecule is CN(C)C1(CNCc2ccc(SC(F)(F)F)cc2)CCC1. The molecule has 0 amide bonds. The van der Waals surface area contributed by atoms with Gasteiger partial charge in [-0.1, -0.05) is 12.1 Å². The van der Waals surface area contributed by atoms with Crippen LogP contribution in [-0.2, 0) is 6.54 Å². The standard InChI is InChI=1S/C15H21F3N2S/c1-20(2)14(8-3-9-14)11-19-10-12-4-6-13(7-5-12)21-15(16,17)18/h4-7,19H,3,8-11H2,1-2H3. The van der Waals surface area contributed by atoms with Gasteiger partial charge in [-0.15, -0.1) is 0 Å². The number of thioether (sulfide) groups is 1. The Morgan fingerprint density at radius 1 is 1.19 bits per heavy atom. The highest BCUT2D eigenvalue weighted by Gasteiger charge is 2.38. The van der Waals surface area contributed by atoms with E-state index in [0.29, 0.717) is 6.54 Å². The lowest BCUT2D eigenvalue weighted by molar-refractivity contribution is -0.0328. The molecule has 1 fully saturated rings. The van der Waals surface area contributed by atoms with E-state index in [4.69, 9.17) is 0 Å². The molecule has 1 saturated carbocycles. The molecular weight excluding hydrogens is 297 g/mol. The van der Waals surface area contributed by atoms with Crippen molar-refractivity contribution in [1.29, 1.82) is 0 Å². The van der Waals surface area contributed by atoms with E-state index in [9.17, 15) is 13.2 Å². The topological polar surface area (TPSA) is 15.3 Å². The highest BCUT2D eigenvalue weighted by Crippen LogP contribution is 2.37. The lowest BCUT2D eigenvalue weighted by Gasteiger charge is -2.47. The summed E-state index contributed by atoms with van der Waals surface area (Å²) in [6.07, 6.45) is 3.67. The number of rotatable bonds is 6. The second-order valence-electron chi connectivity index (χ2n) is 5.77. The highest BCUT2D eigenvalue weighted by atomic mass is 32.2. The molecule has 0 spiro atoms. The molecule has 2 rings (SSSR count). The predicted octanol–water partition coefficient (Wildman–Crippen LogP) is 3.87. The molecule has 0 radical (unpaired) electrons. The Bertz CT molecular complexity index is 453. The van der Waals surface area contributed by atoms with Gasteiger partial charge < -0.3 is 10.2 Å². The molecule has 0 saturated heterocycles. The molecule has 1 aromatic rings. The minimum atomic E-state index is -4.22. The summed E-state index contributed by atoms with van der Waals surface area (Å²) in [6.45, 7) is 1.60. The van der Waals surface area contributed by atoms with Crippen LogP contribution in [0.25, 0.3) is 0 Å². The number of halogens is 3. The summed E-state index contributed by atoms with van der Waals surface area (Å²) >= 11 is -0.0729. The van der Waals surface area contributed by atoms with Crippen molar-refractivity contribution in [3.8, 4) is 0 Å². The number of hydrogen-bond acceptors (Lipinski definition) is 3. The molecule has 0 heterocycles. The summed E-state index contributed by atoms with van der Waals surface area (Å²) in [5.74, 6) is 0. The monoisotopic (exact) mass is 318 g/mol. The number of nitrogens with zero attached hydrogens (tertiary/aromatic N) is 1. The van der Waals surface area contributed by atoms with Gasteiger partial charge in [0.2, 0.25) is 0 Å². The van der Waals surface area contributed by atoms with Gasteiger partial charge >= 0.3 is 5.51 Å². The fraction of sp³-hybridized carbons (Fsp3) is 0.600. The predicted molar refractivity (Wildman–Crippen MR) is 80.3 cm³/mol. The molecule has 0 bridgehead atoms. The Labute approximate surface area is 128 Å². The molecule has 0 atom stereocenters. The molecular formula is C15H21F3N2S. The third-order valence-electron chi connectivity index (χ3n) is 4.17. The summed E-state index contributed by atoms with van der Waals surface area (Å²) in [5.41, 5.74) is -2.96. The van der Waals surface area contributed by atoms with Crippen LogP contribution in [0.4, 0.5) is 13.2 Å². The Morgan fingerprint density at radius 3 is 2.24 bits per heavy atom. The molecule has 1 aliphatic rings. The number of benzene rings is 1. The molecule has 0 aliphatic heterocycles. The van der Waals surface area contributed by atoms with Gasteiger partial charge in [0.15, 0.2) is 0 Å². The van der Waals surface area contributed by atoms with Crippen molar-refractivity contribution in [1.82, 2.24) is 10.2 Å². The molecule has 0 aromatic heterocycles. The van der Waals surface area contributed by atoms with Crippen LogP contribution in [-0.4, -0.2) is 36.6 Å². The van der Waals surface area contributed by atoms with Crippen LogP contribution in [0, 0.1) is 0 Å². The van der Waals surface area contributed by atoms with Crippen molar-refractivity contribution in [2.75, 3.05) is 20.6 Å². The van der Waals surface area contributed by atoms with E-state index < -0.39 is 5.51 Å². The third kappa shape index (κ3) is 4.63. The van der Waals surface area contributed by atoms with Crippen LogP contribution in [0.1, 0.15) is 24.8 Å². The van der Waals surface area contributed by atoms with Crippen molar-refractivity contribution in [3.05, 3.63) is 29.8 Å². The average molecular weight is 318 g/mol. The van der Waals surface area contributed by atoms with Crippen LogP contribution < -0.4 is 5.32 Å². The van der Waals surface area contributed by atoms with Crippen molar-refractivity contribution < 1.29 is 13.2 Å². The number of nitrogens with one attached hydrogen (secondary N) is 1. The number of alkyl halides is 3. The first-order valence-corrected chi connectivity index (χ1v) is 7.85. The van der Waals surface area contributed by atoms with E-state index in [1.807, 2.05) is 0 Å². The Kier molecular flexibility index (Phi) is 5.22. The first-order valence-electron chi connectivity index (χ1n) is 7.04. The van der Waals surface area contributed by atoms with Crippen LogP contribution >= 0.6 is 11.8 Å². The van der Waals surface area contributed by atoms with Crippen LogP contribution in [0.5, 0.6) is 0 Å². The van der Waals surface area contributed by atoms with Crippen LogP contribution in [0.2, 0.25) is 0 Å². The molecule has 118 valence electrons. The summed E-state index contributed by atoms with van der Waals surface area (Å²) < 4.78 is 36.7. The second kappa shape index (κ2) is 6.58. The van der Waals surface area contributed by atoms with Crippen molar-refractivity contribution in [2.45, 2.75) is 41.7 Å². The first-order chi connectivity index (χ1) is 9.81. The summed E-state index contributed by atoms with van der Waals surface area (Å²) in [5, 5.41) is 3.42. The van der Waals surface area contributed by atoms with Gasteiger partial charge in [0.1, 0.15) is 0 Å². The molecule has 21 heavy (non-hydrogen) atoms. The normalized spacial score (nSPS) is 17.8. The average Bonchev–Trinajstić information content (AvgIpc) is 2.32. The molecule has 0 unspecified atom stereocenters. The lowest BCUT2D eigenvalue weighted by Crippen LogP contribution is -2.56. The highest BCUT2D eigenvalue weighted by molar-refractivity contribution is 8.00. The zero-order chi connectivity index (χ0) is 15.5. The van der Waals surface area contributed by atoms with Crippen LogP contribution in [0.15, 0.2) is 29.2 Å². The first kappa shape index (κ1) is 16.6. The Morgan fingerprint density at radius 2 is 1.81 bits per heavy atom. The van der Waals surface area contributed by atoms with E-state index in [2.05, 4.69) is 24.3 Å². The minimum absolute atomic E-state index is 0.0729. The van der Waals surface area contributed by atoms with E-state index in [1.165, 1.54) is 31.4 Å². The Balaban J connectivity index is 1.81. The fourth-order valence-corrected chi connectivity index (χ4v) is 3.15. The van der Waals surface area contributed by atoms with Gasteiger partial charge in [0.25, 0.3) is 0 Å². The lowest BCUT2D eigenvalue weighted by atomic mass is 9.75. The second-order valence-corrected chi connectivity index (χ2v) is 6.91. The van der Waals surface area contributed by atoms with E-state index in [-0.39, 0.29) is 22.2 Å².